The molecule has 0 saturated heterocycles. The van der Waals surface area contributed by atoms with Gasteiger partial charge in [0.05, 0.1) is 14.8 Å². The molecule has 15 heavy (non-hydrogen) atoms. The smallest absolute Gasteiger partial charge is 0.0986 e. The Hall–Kier alpha value is 0.137. The Bertz CT molecular complexity index is 173. The molecular formula is C12H27NOSi. The molecule has 0 heterocycles. The Balaban J connectivity index is 2.47. The fraction of sp³-hybridized carbons (Fsp3) is 1.00. The highest BCUT2D eigenvalue weighted by molar-refractivity contribution is 6.76. The molecule has 2 nitrogen and oxygen atoms in total. The first-order valence-corrected chi connectivity index (χ1v) is 9.96. The van der Waals surface area contributed by atoms with E-state index in [9.17, 15) is 0 Å². The molecule has 90 valence electrons. The van der Waals surface area contributed by atoms with Crippen molar-refractivity contribution < 1.29 is 4.74 Å². The van der Waals surface area contributed by atoms with E-state index in [2.05, 4.69) is 24.5 Å². The standard InChI is InChI=1S/C12H27NOSi/c1-14-10-13(11-15(2,3)4)12-8-6-5-7-9-12/h12H,5-11H2,1-4H3. The minimum absolute atomic E-state index is 0.797. The zero-order valence-corrected chi connectivity index (χ0v) is 11.9. The SMILES string of the molecule is COCN(C[Si](C)(C)C)C1CCCCC1. The van der Waals surface area contributed by atoms with Gasteiger partial charge in [0.15, 0.2) is 0 Å². The van der Waals surface area contributed by atoms with E-state index < -0.39 is 8.07 Å². The van der Waals surface area contributed by atoms with Crippen LogP contribution in [0.1, 0.15) is 32.1 Å². The number of rotatable bonds is 5. The Kier molecular flexibility index (Phi) is 5.30. The first-order chi connectivity index (χ1) is 7.03. The van der Waals surface area contributed by atoms with Crippen LogP contribution < -0.4 is 0 Å². The third kappa shape index (κ3) is 5.14. The molecule has 0 N–H and O–H groups in total. The number of nitrogens with zero attached hydrogens (tertiary/aromatic N) is 1. The lowest BCUT2D eigenvalue weighted by molar-refractivity contribution is 0.0333. The van der Waals surface area contributed by atoms with Crippen LogP contribution in [0.4, 0.5) is 0 Å². The summed E-state index contributed by atoms with van der Waals surface area (Å²) in [7, 11) is 0.824. The summed E-state index contributed by atoms with van der Waals surface area (Å²) in [6.45, 7) is 8.16. The maximum atomic E-state index is 5.35. The van der Waals surface area contributed by atoms with Gasteiger partial charge in [-0.15, -0.1) is 0 Å². The highest BCUT2D eigenvalue weighted by Gasteiger charge is 2.25. The van der Waals surface area contributed by atoms with Crippen LogP contribution in [-0.2, 0) is 4.74 Å². The molecular weight excluding hydrogens is 202 g/mol. The van der Waals surface area contributed by atoms with E-state index in [0.29, 0.717) is 0 Å². The minimum Gasteiger partial charge on any atom is -0.369 e. The highest BCUT2D eigenvalue weighted by Crippen LogP contribution is 2.23. The zero-order chi connectivity index (χ0) is 11.3. The average Bonchev–Trinajstić information content (AvgIpc) is 2.17. The van der Waals surface area contributed by atoms with Crippen LogP contribution in [0, 0.1) is 0 Å². The molecule has 1 aliphatic rings. The quantitative estimate of drug-likeness (QED) is 0.530. The second-order valence-electron chi connectivity index (χ2n) is 6.02. The van der Waals surface area contributed by atoms with E-state index in [-0.39, 0.29) is 0 Å². The van der Waals surface area contributed by atoms with Gasteiger partial charge in [0, 0.05) is 13.2 Å². The van der Waals surface area contributed by atoms with Gasteiger partial charge in [0.1, 0.15) is 0 Å². The van der Waals surface area contributed by atoms with Gasteiger partial charge in [-0.05, 0) is 19.0 Å². The molecule has 0 aliphatic heterocycles. The van der Waals surface area contributed by atoms with E-state index in [1.807, 2.05) is 7.11 Å². The number of ether oxygens (including phenoxy) is 1. The topological polar surface area (TPSA) is 12.5 Å². The molecule has 1 rings (SSSR count). The van der Waals surface area contributed by atoms with E-state index in [4.69, 9.17) is 4.74 Å². The van der Waals surface area contributed by atoms with Crippen LogP contribution >= 0.6 is 0 Å². The fourth-order valence-electron chi connectivity index (χ4n) is 2.50. The molecule has 0 amide bonds. The van der Waals surface area contributed by atoms with Gasteiger partial charge in [-0.3, -0.25) is 4.90 Å². The maximum Gasteiger partial charge on any atom is 0.0986 e. The van der Waals surface area contributed by atoms with Crippen molar-refractivity contribution in [1.29, 1.82) is 0 Å². The molecule has 1 saturated carbocycles. The van der Waals surface area contributed by atoms with Crippen LogP contribution in [0.15, 0.2) is 0 Å². The number of hydrogen-bond donors (Lipinski definition) is 0. The first kappa shape index (κ1) is 13.2. The molecule has 3 heteroatoms. The van der Waals surface area contributed by atoms with Crippen LogP contribution in [0.5, 0.6) is 0 Å². The van der Waals surface area contributed by atoms with Crippen molar-refractivity contribution in [2.45, 2.75) is 57.8 Å². The normalized spacial score (nSPS) is 19.8. The van der Waals surface area contributed by atoms with Crippen molar-refractivity contribution in [3.8, 4) is 0 Å². The van der Waals surface area contributed by atoms with Crippen molar-refractivity contribution >= 4 is 8.07 Å². The van der Waals surface area contributed by atoms with Crippen LogP contribution in [0.25, 0.3) is 0 Å². The van der Waals surface area contributed by atoms with Crippen molar-refractivity contribution in [2.75, 3.05) is 20.0 Å². The molecule has 0 aromatic rings. The lowest BCUT2D eigenvalue weighted by Gasteiger charge is -2.37. The third-order valence-corrected chi connectivity index (χ3v) is 4.42. The molecule has 0 aromatic carbocycles. The molecule has 0 atom stereocenters. The monoisotopic (exact) mass is 229 g/mol. The van der Waals surface area contributed by atoms with Crippen molar-refractivity contribution in [2.24, 2.45) is 0 Å². The molecule has 1 fully saturated rings. The van der Waals surface area contributed by atoms with Gasteiger partial charge in [-0.25, -0.2) is 0 Å². The molecule has 0 bridgehead atoms. The summed E-state index contributed by atoms with van der Waals surface area (Å²) in [6.07, 6.45) is 8.31. The van der Waals surface area contributed by atoms with Gasteiger partial charge < -0.3 is 4.74 Å². The Morgan fingerprint density at radius 3 is 2.20 bits per heavy atom. The summed E-state index contributed by atoms with van der Waals surface area (Å²) in [5, 5.41) is 0. The molecule has 0 aromatic heterocycles. The maximum absolute atomic E-state index is 5.35. The van der Waals surface area contributed by atoms with Gasteiger partial charge in [-0.2, -0.15) is 0 Å². The second-order valence-corrected chi connectivity index (χ2v) is 11.5. The van der Waals surface area contributed by atoms with E-state index in [1.54, 1.807) is 0 Å². The highest BCUT2D eigenvalue weighted by atomic mass is 28.3. The summed E-state index contributed by atoms with van der Waals surface area (Å²) < 4.78 is 5.35. The molecule has 0 radical (unpaired) electrons. The van der Waals surface area contributed by atoms with Gasteiger partial charge in [0.25, 0.3) is 0 Å². The van der Waals surface area contributed by atoms with Crippen molar-refractivity contribution in [1.82, 2.24) is 4.90 Å². The summed E-state index contributed by atoms with van der Waals surface area (Å²) in [5.74, 6) is 0. The molecule has 0 spiro atoms. The summed E-state index contributed by atoms with van der Waals surface area (Å²) >= 11 is 0. The Morgan fingerprint density at radius 2 is 1.73 bits per heavy atom. The predicted octanol–water partition coefficient (Wildman–Crippen LogP) is 3.10. The summed E-state index contributed by atoms with van der Waals surface area (Å²) in [6, 6.07) is 0.797. The van der Waals surface area contributed by atoms with E-state index in [0.717, 1.165) is 12.8 Å². The third-order valence-electron chi connectivity index (χ3n) is 3.06. The largest absolute Gasteiger partial charge is 0.369 e. The Labute approximate surface area is 96.0 Å². The number of methoxy groups -OCH3 is 1. The Morgan fingerprint density at radius 1 is 1.13 bits per heavy atom. The van der Waals surface area contributed by atoms with Crippen LogP contribution in [0.3, 0.4) is 0 Å². The van der Waals surface area contributed by atoms with Crippen molar-refractivity contribution in [3.05, 3.63) is 0 Å². The minimum atomic E-state index is -0.996. The molecule has 1 aliphatic carbocycles. The second kappa shape index (κ2) is 6.02. The lowest BCUT2D eigenvalue weighted by atomic mass is 9.95. The van der Waals surface area contributed by atoms with E-state index >= 15 is 0 Å². The lowest BCUT2D eigenvalue weighted by Crippen LogP contribution is -2.47. The van der Waals surface area contributed by atoms with Crippen molar-refractivity contribution in [3.63, 3.8) is 0 Å². The predicted molar refractivity (Wildman–Crippen MR) is 68.8 cm³/mol. The summed E-state index contributed by atoms with van der Waals surface area (Å²) in [4.78, 5) is 2.59. The first-order valence-electron chi connectivity index (χ1n) is 6.26. The average molecular weight is 229 g/mol. The summed E-state index contributed by atoms with van der Waals surface area (Å²) in [5.41, 5.74) is 0. The van der Waals surface area contributed by atoms with Crippen LogP contribution in [0.2, 0.25) is 19.6 Å². The van der Waals surface area contributed by atoms with E-state index in [1.165, 1.54) is 38.3 Å². The molecule has 0 unspecified atom stereocenters. The van der Waals surface area contributed by atoms with Gasteiger partial charge >= 0.3 is 0 Å². The van der Waals surface area contributed by atoms with Gasteiger partial charge in [-0.1, -0.05) is 38.9 Å². The zero-order valence-electron chi connectivity index (χ0n) is 10.9. The van der Waals surface area contributed by atoms with Crippen LogP contribution in [-0.4, -0.2) is 39.0 Å². The fourth-order valence-corrected chi connectivity index (χ4v) is 4.07. The number of hydrogen-bond acceptors (Lipinski definition) is 2. The van der Waals surface area contributed by atoms with Gasteiger partial charge in [0.2, 0.25) is 0 Å².